The molecule has 0 bridgehead atoms. The first-order valence-electron chi connectivity index (χ1n) is 6.74. The number of nitrogens with zero attached hydrogens (tertiary/aromatic N) is 1. The number of para-hydroxylation sites is 1. The van der Waals surface area contributed by atoms with Gasteiger partial charge in [-0.3, -0.25) is 0 Å². The molecule has 0 unspecified atom stereocenters. The van der Waals surface area contributed by atoms with Crippen LogP contribution in [0.15, 0.2) is 42.5 Å². The summed E-state index contributed by atoms with van der Waals surface area (Å²) in [6, 6.07) is 14.6. The molecule has 0 aromatic heterocycles. The Hall–Kier alpha value is -2.02. The molecule has 0 radical (unpaired) electrons. The van der Waals surface area contributed by atoms with Crippen molar-refractivity contribution in [2.75, 3.05) is 0 Å². The van der Waals surface area contributed by atoms with E-state index in [1.54, 1.807) is 18.2 Å². The van der Waals surface area contributed by atoms with Crippen LogP contribution in [0.4, 0.5) is 0 Å². The molecule has 0 aliphatic rings. The van der Waals surface area contributed by atoms with Gasteiger partial charge in [-0.05, 0) is 24.6 Å². The number of rotatable bonds is 5. The van der Waals surface area contributed by atoms with Gasteiger partial charge >= 0.3 is 0 Å². The van der Waals surface area contributed by atoms with E-state index in [1.807, 2.05) is 37.3 Å². The average Bonchev–Trinajstić information content (AvgIpc) is 2.53. The van der Waals surface area contributed by atoms with Gasteiger partial charge in [0.2, 0.25) is 0 Å². The summed E-state index contributed by atoms with van der Waals surface area (Å²) in [7, 11) is 0. The fraction of sp³-hybridized carbons (Fsp3) is 0.235. The maximum absolute atomic E-state index is 9.99. The zero-order valence-corrected chi connectivity index (χ0v) is 12.5. The van der Waals surface area contributed by atoms with Crippen LogP contribution in [0.3, 0.4) is 0 Å². The summed E-state index contributed by atoms with van der Waals surface area (Å²) < 4.78 is 5.77. The molecule has 1 atom stereocenters. The van der Waals surface area contributed by atoms with Crippen LogP contribution in [0.25, 0.3) is 0 Å². The molecule has 2 aromatic carbocycles. The predicted octanol–water partition coefficient (Wildman–Crippen LogP) is 4.23. The van der Waals surface area contributed by atoms with Crippen molar-refractivity contribution in [3.05, 3.63) is 64.2 Å². The molecule has 0 fully saturated rings. The molecule has 1 N–H and O–H groups in total. The lowest BCUT2D eigenvalue weighted by Gasteiger charge is -2.15. The number of aliphatic hydroxyl groups excluding tert-OH is 1. The van der Waals surface area contributed by atoms with Gasteiger partial charge in [0.15, 0.2) is 0 Å². The zero-order valence-electron chi connectivity index (χ0n) is 11.7. The molecule has 2 rings (SSSR count). The van der Waals surface area contributed by atoms with E-state index in [0.29, 0.717) is 22.8 Å². The lowest BCUT2D eigenvalue weighted by Crippen LogP contribution is -2.02. The van der Waals surface area contributed by atoms with Crippen LogP contribution in [0.2, 0.25) is 5.02 Å². The minimum atomic E-state index is -0.544. The fourth-order valence-corrected chi connectivity index (χ4v) is 2.23. The van der Waals surface area contributed by atoms with E-state index in [-0.39, 0.29) is 6.61 Å². The van der Waals surface area contributed by atoms with E-state index in [9.17, 15) is 5.11 Å². The van der Waals surface area contributed by atoms with E-state index < -0.39 is 6.10 Å². The first kappa shape index (κ1) is 15.4. The van der Waals surface area contributed by atoms with Crippen molar-refractivity contribution in [2.45, 2.75) is 26.1 Å². The normalized spacial score (nSPS) is 11.7. The van der Waals surface area contributed by atoms with Crippen LogP contribution in [-0.4, -0.2) is 5.11 Å². The van der Waals surface area contributed by atoms with Crippen molar-refractivity contribution >= 4 is 11.6 Å². The van der Waals surface area contributed by atoms with Gasteiger partial charge in [0.1, 0.15) is 12.4 Å². The molecular formula is C17H16ClNO2. The molecule has 4 heteroatoms. The lowest BCUT2D eigenvalue weighted by atomic mass is 10.1. The summed E-state index contributed by atoms with van der Waals surface area (Å²) >= 11 is 6.12. The minimum absolute atomic E-state index is 0.290. The molecule has 0 spiro atoms. The topological polar surface area (TPSA) is 53.2 Å². The van der Waals surface area contributed by atoms with Crippen LogP contribution in [0.1, 0.15) is 36.1 Å². The number of hydrogen-bond acceptors (Lipinski definition) is 3. The molecule has 0 aliphatic heterocycles. The monoisotopic (exact) mass is 301 g/mol. The molecule has 0 saturated carbocycles. The van der Waals surface area contributed by atoms with Crippen LogP contribution in [0, 0.1) is 11.3 Å². The van der Waals surface area contributed by atoms with E-state index in [2.05, 4.69) is 0 Å². The summed E-state index contributed by atoms with van der Waals surface area (Å²) in [4.78, 5) is 0. The summed E-state index contributed by atoms with van der Waals surface area (Å²) in [5.41, 5.74) is 2.09. The van der Waals surface area contributed by atoms with Gasteiger partial charge < -0.3 is 9.84 Å². The largest absolute Gasteiger partial charge is 0.488 e. The highest BCUT2D eigenvalue weighted by Crippen LogP contribution is 2.28. The molecule has 0 aliphatic carbocycles. The molecule has 0 amide bonds. The van der Waals surface area contributed by atoms with Gasteiger partial charge in [0, 0.05) is 16.1 Å². The first-order chi connectivity index (χ1) is 10.2. The Morgan fingerprint density at radius 1 is 1.29 bits per heavy atom. The maximum Gasteiger partial charge on any atom is 0.125 e. The van der Waals surface area contributed by atoms with Crippen LogP contribution >= 0.6 is 11.6 Å². The van der Waals surface area contributed by atoms with Gasteiger partial charge in [-0.25, -0.2) is 0 Å². The second kappa shape index (κ2) is 7.12. The van der Waals surface area contributed by atoms with E-state index >= 15 is 0 Å². The summed E-state index contributed by atoms with van der Waals surface area (Å²) in [6.45, 7) is 2.21. The predicted molar refractivity (Wildman–Crippen MR) is 82.2 cm³/mol. The summed E-state index contributed by atoms with van der Waals surface area (Å²) in [5, 5.41) is 19.3. The molecule has 0 heterocycles. The van der Waals surface area contributed by atoms with Crippen molar-refractivity contribution in [1.82, 2.24) is 0 Å². The van der Waals surface area contributed by atoms with Crippen molar-refractivity contribution in [1.29, 1.82) is 5.26 Å². The Morgan fingerprint density at radius 3 is 2.71 bits per heavy atom. The molecule has 3 nitrogen and oxygen atoms in total. The van der Waals surface area contributed by atoms with E-state index in [0.717, 1.165) is 11.1 Å². The third-order valence-corrected chi connectivity index (χ3v) is 3.58. The third-order valence-electron chi connectivity index (χ3n) is 3.23. The summed E-state index contributed by atoms with van der Waals surface area (Å²) in [5.74, 6) is 0.646. The zero-order chi connectivity index (χ0) is 15.2. The van der Waals surface area contributed by atoms with Gasteiger partial charge in [0.25, 0.3) is 0 Å². The highest BCUT2D eigenvalue weighted by atomic mass is 35.5. The van der Waals surface area contributed by atoms with Crippen molar-refractivity contribution < 1.29 is 9.84 Å². The van der Waals surface area contributed by atoms with E-state index in [1.165, 1.54) is 0 Å². The quantitative estimate of drug-likeness (QED) is 0.899. The van der Waals surface area contributed by atoms with Gasteiger partial charge in [-0.2, -0.15) is 5.26 Å². The van der Waals surface area contributed by atoms with Crippen LogP contribution < -0.4 is 4.74 Å². The lowest BCUT2D eigenvalue weighted by molar-refractivity contribution is 0.166. The van der Waals surface area contributed by atoms with Gasteiger partial charge in [-0.15, -0.1) is 0 Å². The number of benzene rings is 2. The van der Waals surface area contributed by atoms with Crippen molar-refractivity contribution in [3.63, 3.8) is 0 Å². The highest BCUT2D eigenvalue weighted by molar-refractivity contribution is 6.31. The van der Waals surface area contributed by atoms with Crippen LogP contribution in [0.5, 0.6) is 5.75 Å². The Labute approximate surface area is 129 Å². The third kappa shape index (κ3) is 3.75. The molecular weight excluding hydrogens is 286 g/mol. The van der Waals surface area contributed by atoms with Crippen LogP contribution in [-0.2, 0) is 6.61 Å². The highest BCUT2D eigenvalue weighted by Gasteiger charge is 2.11. The Morgan fingerprint density at radius 2 is 2.05 bits per heavy atom. The number of nitriles is 1. The van der Waals surface area contributed by atoms with Gasteiger partial charge in [0.05, 0.1) is 17.7 Å². The number of halogens is 1. The summed E-state index contributed by atoms with van der Waals surface area (Å²) in [6.07, 6.45) is 0.0792. The second-order valence-electron chi connectivity index (χ2n) is 4.67. The Balaban J connectivity index is 2.16. The van der Waals surface area contributed by atoms with Crippen molar-refractivity contribution in [3.8, 4) is 11.8 Å². The SMILES string of the molecule is CC[C@@H](O)c1ccccc1OCc1ccc(C#N)cc1Cl. The number of hydrogen-bond donors (Lipinski definition) is 1. The Bertz CT molecular complexity index is 664. The standard InChI is InChI=1S/C17H16ClNO2/c1-2-16(20)14-5-3-4-6-17(14)21-11-13-8-7-12(10-19)9-15(13)18/h3-9,16,20H,2,11H2,1H3/t16-/m1/s1. The van der Waals surface area contributed by atoms with Crippen molar-refractivity contribution in [2.24, 2.45) is 0 Å². The average molecular weight is 302 g/mol. The molecule has 21 heavy (non-hydrogen) atoms. The molecule has 108 valence electrons. The smallest absolute Gasteiger partial charge is 0.125 e. The molecule has 2 aromatic rings. The van der Waals surface area contributed by atoms with Gasteiger partial charge in [-0.1, -0.05) is 42.8 Å². The minimum Gasteiger partial charge on any atom is -0.488 e. The Kier molecular flexibility index (Phi) is 5.21. The maximum atomic E-state index is 9.99. The number of aliphatic hydroxyl groups is 1. The molecule has 0 saturated heterocycles. The first-order valence-corrected chi connectivity index (χ1v) is 7.11. The fourth-order valence-electron chi connectivity index (χ4n) is 2.00. The second-order valence-corrected chi connectivity index (χ2v) is 5.08. The number of ether oxygens (including phenoxy) is 1. The van der Waals surface area contributed by atoms with E-state index in [4.69, 9.17) is 21.6 Å².